The molecule has 27 heavy (non-hydrogen) atoms. The first-order valence-electron chi connectivity index (χ1n) is 9.18. The molecule has 0 spiro atoms. The highest BCUT2D eigenvalue weighted by Gasteiger charge is 2.28. The molecule has 1 aliphatic rings. The van der Waals surface area contributed by atoms with E-state index in [2.05, 4.69) is 49.5 Å². The van der Waals surface area contributed by atoms with Crippen molar-refractivity contribution in [1.82, 2.24) is 5.32 Å². The summed E-state index contributed by atoms with van der Waals surface area (Å²) in [7, 11) is 0. The lowest BCUT2D eigenvalue weighted by Gasteiger charge is -2.32. The normalized spacial score (nSPS) is 15.1. The van der Waals surface area contributed by atoms with Gasteiger partial charge in [-0.15, -0.1) is 0 Å². The number of benzene rings is 3. The minimum Gasteiger partial charge on any atom is -0.493 e. The molecule has 138 valence electrons. The summed E-state index contributed by atoms with van der Waals surface area (Å²) in [6.07, 6.45) is 1.01. The zero-order chi connectivity index (χ0) is 19.0. The van der Waals surface area contributed by atoms with Gasteiger partial charge in [0.25, 0.3) is 5.91 Å². The minimum atomic E-state index is -0.367. The third-order valence-corrected chi connectivity index (χ3v) is 5.37. The van der Waals surface area contributed by atoms with Crippen molar-refractivity contribution in [3.8, 4) is 16.9 Å². The van der Waals surface area contributed by atoms with Gasteiger partial charge < -0.3 is 15.2 Å². The number of aliphatic hydroxyl groups excluding tert-OH is 1. The van der Waals surface area contributed by atoms with E-state index in [9.17, 15) is 4.79 Å². The lowest BCUT2D eigenvalue weighted by atomic mass is 9.79. The fraction of sp³-hybridized carbons (Fsp3) is 0.261. The predicted molar refractivity (Wildman–Crippen MR) is 107 cm³/mol. The molecule has 3 aromatic rings. The number of hydrogen-bond donors (Lipinski definition) is 2. The molecule has 0 aliphatic carbocycles. The van der Waals surface area contributed by atoms with Crippen LogP contribution >= 0.6 is 0 Å². The minimum absolute atomic E-state index is 0.107. The van der Waals surface area contributed by atoms with Gasteiger partial charge >= 0.3 is 0 Å². The van der Waals surface area contributed by atoms with E-state index in [4.69, 9.17) is 9.84 Å². The molecule has 0 fully saturated rings. The Morgan fingerprint density at radius 2 is 1.74 bits per heavy atom. The Morgan fingerprint density at radius 1 is 1.04 bits per heavy atom. The molecule has 4 rings (SSSR count). The van der Waals surface area contributed by atoms with Crippen LogP contribution in [0.3, 0.4) is 0 Å². The third kappa shape index (κ3) is 3.28. The Bertz CT molecular complexity index is 1020. The zero-order valence-electron chi connectivity index (χ0n) is 15.6. The maximum absolute atomic E-state index is 11.9. The van der Waals surface area contributed by atoms with Crippen LogP contribution in [0.25, 0.3) is 21.9 Å². The molecular formula is C23H23NO3. The van der Waals surface area contributed by atoms with E-state index in [0.29, 0.717) is 5.56 Å². The topological polar surface area (TPSA) is 58.6 Å². The van der Waals surface area contributed by atoms with E-state index < -0.39 is 0 Å². The van der Waals surface area contributed by atoms with E-state index in [1.165, 1.54) is 5.56 Å². The standard InChI is InChI=1S/C23H23NO3/c1-23(2)9-10-27-21-8-7-18(13-20(21)23)16-3-4-17-12-19(22(26)24-14-25)6-5-15(17)11-16/h3-8,11-13,25H,9-10,14H2,1-2H3,(H,24,26). The summed E-state index contributed by atoms with van der Waals surface area (Å²) in [6, 6.07) is 18.2. The summed E-state index contributed by atoms with van der Waals surface area (Å²) in [5, 5.41) is 13.3. The quantitative estimate of drug-likeness (QED) is 0.686. The predicted octanol–water partition coefficient (Wildman–Crippen LogP) is 4.25. The molecular weight excluding hydrogens is 338 g/mol. The summed E-state index contributed by atoms with van der Waals surface area (Å²) >= 11 is 0. The van der Waals surface area contributed by atoms with Crippen molar-refractivity contribution in [3.05, 3.63) is 65.7 Å². The SMILES string of the molecule is CC1(C)CCOc2ccc(-c3ccc4cc(C(=O)NCO)ccc4c3)cc21. The number of hydrogen-bond acceptors (Lipinski definition) is 3. The summed E-state index contributed by atoms with van der Waals surface area (Å²) in [4.78, 5) is 11.9. The van der Waals surface area contributed by atoms with Gasteiger partial charge in [0.2, 0.25) is 0 Å². The van der Waals surface area contributed by atoms with Crippen LogP contribution in [0.1, 0.15) is 36.2 Å². The fourth-order valence-corrected chi connectivity index (χ4v) is 3.66. The molecule has 4 nitrogen and oxygen atoms in total. The second kappa shape index (κ2) is 6.71. The van der Waals surface area contributed by atoms with Gasteiger partial charge in [-0.1, -0.05) is 38.1 Å². The molecule has 1 aliphatic heterocycles. The van der Waals surface area contributed by atoms with Gasteiger partial charge in [-0.25, -0.2) is 0 Å². The van der Waals surface area contributed by atoms with Crippen molar-refractivity contribution >= 4 is 16.7 Å². The van der Waals surface area contributed by atoms with E-state index in [1.54, 1.807) is 6.07 Å². The first kappa shape index (κ1) is 17.6. The number of aliphatic hydroxyl groups is 1. The molecule has 0 aromatic heterocycles. The van der Waals surface area contributed by atoms with E-state index >= 15 is 0 Å². The van der Waals surface area contributed by atoms with Crippen molar-refractivity contribution in [3.63, 3.8) is 0 Å². The number of nitrogens with one attached hydrogen (secondary N) is 1. The smallest absolute Gasteiger partial charge is 0.253 e. The molecule has 0 atom stereocenters. The average Bonchev–Trinajstić information content (AvgIpc) is 2.67. The van der Waals surface area contributed by atoms with Crippen LogP contribution in [-0.4, -0.2) is 24.4 Å². The van der Waals surface area contributed by atoms with E-state index in [0.717, 1.165) is 40.7 Å². The molecule has 0 bridgehead atoms. The highest BCUT2D eigenvalue weighted by Crippen LogP contribution is 2.40. The summed E-state index contributed by atoms with van der Waals surface area (Å²) in [5.41, 5.74) is 4.20. The second-order valence-corrected chi connectivity index (χ2v) is 7.63. The molecule has 0 radical (unpaired) electrons. The van der Waals surface area contributed by atoms with Gasteiger partial charge in [-0.3, -0.25) is 4.79 Å². The van der Waals surface area contributed by atoms with E-state index in [-0.39, 0.29) is 18.1 Å². The number of rotatable bonds is 3. The molecule has 0 unspecified atom stereocenters. The lowest BCUT2D eigenvalue weighted by molar-refractivity contribution is 0.0910. The van der Waals surface area contributed by atoms with Gasteiger partial charge in [-0.2, -0.15) is 0 Å². The number of amides is 1. The van der Waals surface area contributed by atoms with Gasteiger partial charge in [0.05, 0.1) is 6.61 Å². The number of carbonyl (C=O) groups excluding carboxylic acids is 1. The summed E-state index contributed by atoms with van der Waals surface area (Å²) < 4.78 is 5.82. The summed E-state index contributed by atoms with van der Waals surface area (Å²) in [6.45, 7) is 4.92. The largest absolute Gasteiger partial charge is 0.493 e. The van der Waals surface area contributed by atoms with Gasteiger partial charge in [0, 0.05) is 11.1 Å². The van der Waals surface area contributed by atoms with Crippen LogP contribution < -0.4 is 10.1 Å². The Morgan fingerprint density at radius 3 is 2.56 bits per heavy atom. The van der Waals surface area contributed by atoms with E-state index in [1.807, 2.05) is 18.2 Å². The fourth-order valence-electron chi connectivity index (χ4n) is 3.66. The monoisotopic (exact) mass is 361 g/mol. The molecule has 4 heteroatoms. The Hall–Kier alpha value is -2.85. The molecule has 0 saturated heterocycles. The first-order valence-corrected chi connectivity index (χ1v) is 9.18. The van der Waals surface area contributed by atoms with Crippen molar-refractivity contribution < 1.29 is 14.6 Å². The summed E-state index contributed by atoms with van der Waals surface area (Å²) in [5.74, 6) is 0.704. The molecule has 2 N–H and O–H groups in total. The molecule has 1 heterocycles. The highest BCUT2D eigenvalue weighted by atomic mass is 16.5. The molecule has 0 saturated carbocycles. The number of ether oxygens (including phenoxy) is 1. The van der Waals surface area contributed by atoms with Gasteiger partial charge in [0.1, 0.15) is 12.5 Å². The third-order valence-electron chi connectivity index (χ3n) is 5.37. The van der Waals surface area contributed by atoms with Crippen LogP contribution in [0.5, 0.6) is 5.75 Å². The van der Waals surface area contributed by atoms with Crippen molar-refractivity contribution in [2.45, 2.75) is 25.7 Å². The molecule has 1 amide bonds. The second-order valence-electron chi connectivity index (χ2n) is 7.63. The highest BCUT2D eigenvalue weighted by molar-refractivity contribution is 5.99. The number of carbonyl (C=O) groups is 1. The Labute approximate surface area is 158 Å². The van der Waals surface area contributed by atoms with Crippen LogP contribution in [0.15, 0.2) is 54.6 Å². The van der Waals surface area contributed by atoms with Crippen LogP contribution in [0.4, 0.5) is 0 Å². The molecule has 3 aromatic carbocycles. The maximum atomic E-state index is 11.9. The van der Waals surface area contributed by atoms with Crippen LogP contribution in [-0.2, 0) is 5.41 Å². The van der Waals surface area contributed by atoms with Crippen molar-refractivity contribution in [1.29, 1.82) is 0 Å². The zero-order valence-corrected chi connectivity index (χ0v) is 15.6. The Balaban J connectivity index is 1.72. The first-order chi connectivity index (χ1) is 13.0. The maximum Gasteiger partial charge on any atom is 0.253 e. The van der Waals surface area contributed by atoms with Crippen LogP contribution in [0.2, 0.25) is 0 Å². The van der Waals surface area contributed by atoms with Crippen molar-refractivity contribution in [2.24, 2.45) is 0 Å². The van der Waals surface area contributed by atoms with Crippen molar-refractivity contribution in [2.75, 3.05) is 13.3 Å². The Kier molecular flexibility index (Phi) is 4.36. The van der Waals surface area contributed by atoms with Gasteiger partial charge in [-0.05, 0) is 64.1 Å². The van der Waals surface area contributed by atoms with Crippen LogP contribution in [0, 0.1) is 0 Å². The average molecular weight is 361 g/mol. The number of fused-ring (bicyclic) bond motifs is 2. The lowest BCUT2D eigenvalue weighted by Crippen LogP contribution is -2.26. The van der Waals surface area contributed by atoms with Gasteiger partial charge in [0.15, 0.2) is 0 Å².